The lowest BCUT2D eigenvalue weighted by atomic mass is 10.1. The van der Waals surface area contributed by atoms with Gasteiger partial charge in [0, 0.05) is 31.1 Å². The largest absolute Gasteiger partial charge is 0.328 e. The zero-order valence-electron chi connectivity index (χ0n) is 15.0. The maximum absolute atomic E-state index is 12.7. The Labute approximate surface area is 148 Å². The Morgan fingerprint density at radius 2 is 1.92 bits per heavy atom. The number of imidazole rings is 1. The third kappa shape index (κ3) is 2.53. The van der Waals surface area contributed by atoms with Crippen LogP contribution < -0.4 is 4.90 Å². The van der Waals surface area contributed by atoms with E-state index in [2.05, 4.69) is 37.5 Å². The number of aryl methyl sites for hydroxylation is 2. The molecule has 3 aromatic rings. The van der Waals surface area contributed by atoms with Crippen molar-refractivity contribution in [2.45, 2.75) is 39.7 Å². The molecule has 1 atom stereocenters. The van der Waals surface area contributed by atoms with Crippen molar-refractivity contribution in [3.8, 4) is 0 Å². The molecule has 1 saturated heterocycles. The SMILES string of the molecule is CCn1c([C@H]2CC(=O)N(c3cccc(C)c3C)C2)nc2ccccc21. The number of para-hydroxylation sites is 2. The number of benzene rings is 2. The molecule has 0 saturated carbocycles. The van der Waals surface area contributed by atoms with E-state index in [0.29, 0.717) is 13.0 Å². The van der Waals surface area contributed by atoms with Crippen molar-refractivity contribution >= 4 is 22.6 Å². The molecule has 2 aromatic carbocycles. The molecule has 4 rings (SSSR count). The van der Waals surface area contributed by atoms with Crippen LogP contribution in [0, 0.1) is 13.8 Å². The quantitative estimate of drug-likeness (QED) is 0.721. The van der Waals surface area contributed by atoms with Gasteiger partial charge >= 0.3 is 0 Å². The van der Waals surface area contributed by atoms with Gasteiger partial charge in [-0.15, -0.1) is 0 Å². The van der Waals surface area contributed by atoms with Gasteiger partial charge in [0.25, 0.3) is 0 Å². The Morgan fingerprint density at radius 1 is 1.12 bits per heavy atom. The highest BCUT2D eigenvalue weighted by molar-refractivity contribution is 5.97. The lowest BCUT2D eigenvalue weighted by molar-refractivity contribution is -0.117. The molecule has 0 aliphatic carbocycles. The number of anilines is 1. The predicted molar refractivity (Wildman–Crippen MR) is 101 cm³/mol. The number of nitrogens with zero attached hydrogens (tertiary/aromatic N) is 3. The maximum atomic E-state index is 12.7. The Hall–Kier alpha value is -2.62. The van der Waals surface area contributed by atoms with E-state index in [-0.39, 0.29) is 11.8 Å². The summed E-state index contributed by atoms with van der Waals surface area (Å²) >= 11 is 0. The zero-order valence-corrected chi connectivity index (χ0v) is 15.0. The molecule has 1 aliphatic heterocycles. The fourth-order valence-corrected chi connectivity index (χ4v) is 3.88. The molecule has 0 bridgehead atoms. The zero-order chi connectivity index (χ0) is 17.6. The molecule has 1 aromatic heterocycles. The second-order valence-corrected chi connectivity index (χ2v) is 6.83. The minimum absolute atomic E-state index is 0.139. The number of hydrogen-bond donors (Lipinski definition) is 0. The van der Waals surface area contributed by atoms with Crippen molar-refractivity contribution in [1.29, 1.82) is 0 Å². The fourth-order valence-electron chi connectivity index (χ4n) is 3.88. The van der Waals surface area contributed by atoms with Gasteiger partial charge in [0.1, 0.15) is 5.82 Å². The molecule has 128 valence electrons. The van der Waals surface area contributed by atoms with E-state index >= 15 is 0 Å². The molecule has 0 radical (unpaired) electrons. The summed E-state index contributed by atoms with van der Waals surface area (Å²) in [6.45, 7) is 7.88. The summed E-state index contributed by atoms with van der Waals surface area (Å²) in [6.07, 6.45) is 0.525. The first-order chi connectivity index (χ1) is 12.1. The summed E-state index contributed by atoms with van der Waals surface area (Å²) < 4.78 is 2.25. The number of carbonyl (C=O) groups is 1. The molecular formula is C21H23N3O. The van der Waals surface area contributed by atoms with Crippen LogP contribution in [0.2, 0.25) is 0 Å². The molecule has 4 nitrogen and oxygen atoms in total. The van der Waals surface area contributed by atoms with Gasteiger partial charge in [-0.2, -0.15) is 0 Å². The van der Waals surface area contributed by atoms with E-state index in [1.165, 1.54) is 11.1 Å². The standard InChI is InChI=1S/C21H23N3O/c1-4-23-19-10-6-5-9-17(19)22-21(23)16-12-20(25)24(13-16)18-11-7-8-14(2)15(18)3/h5-11,16H,4,12-13H2,1-3H3/t16-/m0/s1. The summed E-state index contributed by atoms with van der Waals surface area (Å²) in [6, 6.07) is 14.4. The van der Waals surface area contributed by atoms with Gasteiger partial charge in [-0.25, -0.2) is 4.98 Å². The van der Waals surface area contributed by atoms with Crippen LogP contribution in [0.1, 0.15) is 36.2 Å². The Kier molecular flexibility index (Phi) is 3.83. The molecule has 0 unspecified atom stereocenters. The molecule has 4 heteroatoms. The van der Waals surface area contributed by atoms with Crippen LogP contribution in [0.4, 0.5) is 5.69 Å². The van der Waals surface area contributed by atoms with Gasteiger partial charge in [0.05, 0.1) is 11.0 Å². The van der Waals surface area contributed by atoms with E-state index in [1.54, 1.807) is 0 Å². The first kappa shape index (κ1) is 15.9. The smallest absolute Gasteiger partial charge is 0.227 e. The molecular weight excluding hydrogens is 310 g/mol. The van der Waals surface area contributed by atoms with E-state index in [9.17, 15) is 4.79 Å². The topological polar surface area (TPSA) is 38.1 Å². The third-order valence-electron chi connectivity index (χ3n) is 5.36. The maximum Gasteiger partial charge on any atom is 0.227 e. The lowest BCUT2D eigenvalue weighted by Gasteiger charge is -2.20. The molecule has 0 N–H and O–H groups in total. The van der Waals surface area contributed by atoms with E-state index in [0.717, 1.165) is 29.1 Å². The van der Waals surface area contributed by atoms with Crippen LogP contribution in [0.3, 0.4) is 0 Å². The highest BCUT2D eigenvalue weighted by Crippen LogP contribution is 2.35. The van der Waals surface area contributed by atoms with Crippen LogP contribution in [-0.2, 0) is 11.3 Å². The van der Waals surface area contributed by atoms with Crippen molar-refractivity contribution in [1.82, 2.24) is 9.55 Å². The minimum Gasteiger partial charge on any atom is -0.328 e. The van der Waals surface area contributed by atoms with Crippen molar-refractivity contribution in [3.05, 3.63) is 59.4 Å². The second kappa shape index (κ2) is 6.03. The average Bonchev–Trinajstić information content (AvgIpc) is 3.17. The van der Waals surface area contributed by atoms with Gasteiger partial charge in [-0.05, 0) is 50.1 Å². The number of aromatic nitrogens is 2. The highest BCUT2D eigenvalue weighted by Gasteiger charge is 2.35. The van der Waals surface area contributed by atoms with Crippen LogP contribution in [0.5, 0.6) is 0 Å². The Balaban J connectivity index is 1.72. The van der Waals surface area contributed by atoms with Crippen LogP contribution in [0.15, 0.2) is 42.5 Å². The monoisotopic (exact) mass is 333 g/mol. The minimum atomic E-state index is 0.139. The van der Waals surface area contributed by atoms with Gasteiger partial charge < -0.3 is 9.47 Å². The van der Waals surface area contributed by atoms with E-state index in [4.69, 9.17) is 4.98 Å². The fraction of sp³-hybridized carbons (Fsp3) is 0.333. The van der Waals surface area contributed by atoms with Crippen LogP contribution >= 0.6 is 0 Å². The molecule has 1 aliphatic rings. The Morgan fingerprint density at radius 3 is 2.72 bits per heavy atom. The summed E-state index contributed by atoms with van der Waals surface area (Å²) in [5, 5.41) is 0. The summed E-state index contributed by atoms with van der Waals surface area (Å²) in [5.74, 6) is 1.36. The van der Waals surface area contributed by atoms with Crippen LogP contribution in [-0.4, -0.2) is 22.0 Å². The molecule has 1 fully saturated rings. The van der Waals surface area contributed by atoms with Crippen molar-refractivity contribution in [2.75, 3.05) is 11.4 Å². The normalized spacial score (nSPS) is 17.6. The van der Waals surface area contributed by atoms with Crippen LogP contribution in [0.25, 0.3) is 11.0 Å². The number of amides is 1. The first-order valence-electron chi connectivity index (χ1n) is 8.92. The third-order valence-corrected chi connectivity index (χ3v) is 5.36. The number of rotatable bonds is 3. The molecule has 0 spiro atoms. The van der Waals surface area contributed by atoms with Gasteiger partial charge in [-0.1, -0.05) is 24.3 Å². The van der Waals surface area contributed by atoms with Gasteiger partial charge in [0.2, 0.25) is 5.91 Å². The van der Waals surface area contributed by atoms with E-state index in [1.807, 2.05) is 35.2 Å². The number of fused-ring (bicyclic) bond motifs is 1. The van der Waals surface area contributed by atoms with Crippen molar-refractivity contribution in [2.24, 2.45) is 0 Å². The summed E-state index contributed by atoms with van der Waals surface area (Å²) in [5.41, 5.74) is 5.59. The molecule has 2 heterocycles. The Bertz CT molecular complexity index is 957. The lowest BCUT2D eigenvalue weighted by Crippen LogP contribution is -2.25. The molecule has 1 amide bonds. The number of hydrogen-bond acceptors (Lipinski definition) is 2. The number of carbonyl (C=O) groups excluding carboxylic acids is 1. The van der Waals surface area contributed by atoms with E-state index < -0.39 is 0 Å². The predicted octanol–water partition coefficient (Wildman–Crippen LogP) is 4.19. The second-order valence-electron chi connectivity index (χ2n) is 6.83. The molecule has 25 heavy (non-hydrogen) atoms. The van der Waals surface area contributed by atoms with Gasteiger partial charge in [0.15, 0.2) is 0 Å². The highest BCUT2D eigenvalue weighted by atomic mass is 16.2. The average molecular weight is 333 g/mol. The first-order valence-corrected chi connectivity index (χ1v) is 8.92. The van der Waals surface area contributed by atoms with Crippen molar-refractivity contribution < 1.29 is 4.79 Å². The van der Waals surface area contributed by atoms with Gasteiger partial charge in [-0.3, -0.25) is 4.79 Å². The summed E-state index contributed by atoms with van der Waals surface area (Å²) in [4.78, 5) is 19.5. The van der Waals surface area contributed by atoms with Crippen molar-refractivity contribution in [3.63, 3.8) is 0 Å². The summed E-state index contributed by atoms with van der Waals surface area (Å²) in [7, 11) is 0.